The molecule has 2 saturated heterocycles. The van der Waals surface area contributed by atoms with E-state index in [-0.39, 0.29) is 16.9 Å². The van der Waals surface area contributed by atoms with Crippen LogP contribution in [0, 0.1) is 34.7 Å². The van der Waals surface area contributed by atoms with Gasteiger partial charge in [0, 0.05) is 23.9 Å². The first-order chi connectivity index (χ1) is 15.8. The number of hydrogen-bond acceptors (Lipinski definition) is 7. The zero-order chi connectivity index (χ0) is 23.4. The summed E-state index contributed by atoms with van der Waals surface area (Å²) in [5.74, 6) is -3.86. The number of nitrogens with zero attached hydrogens (tertiary/aromatic N) is 4. The number of allylic oxidation sites excluding steroid dienone is 1. The van der Waals surface area contributed by atoms with Gasteiger partial charge in [-0.25, -0.2) is 9.29 Å². The summed E-state index contributed by atoms with van der Waals surface area (Å²) >= 11 is 0. The van der Waals surface area contributed by atoms with E-state index in [2.05, 4.69) is 5.10 Å². The van der Waals surface area contributed by atoms with Crippen molar-refractivity contribution in [1.82, 2.24) is 5.01 Å². The molecule has 4 unspecified atom stereocenters. The van der Waals surface area contributed by atoms with Crippen molar-refractivity contribution in [1.29, 1.82) is 0 Å². The average molecular weight is 448 g/mol. The Morgan fingerprint density at radius 2 is 1.79 bits per heavy atom. The van der Waals surface area contributed by atoms with Crippen LogP contribution in [0.15, 0.2) is 59.7 Å². The van der Waals surface area contributed by atoms with Crippen LogP contribution in [0.1, 0.15) is 15.9 Å². The fourth-order valence-corrected chi connectivity index (χ4v) is 4.86. The van der Waals surface area contributed by atoms with Gasteiger partial charge in [-0.3, -0.25) is 29.5 Å². The molecule has 0 radical (unpaired) electrons. The molecule has 0 spiro atoms. The SMILES string of the molecule is Cc1cc([N+](=O)[O-])ccc1N1C(=O)C2C(C1=O)C(C(=O)c1ccc(F)cc1)N1N=CC=CC21. The quantitative estimate of drug-likeness (QED) is 0.308. The van der Waals surface area contributed by atoms with E-state index >= 15 is 0 Å². The predicted molar refractivity (Wildman–Crippen MR) is 115 cm³/mol. The van der Waals surface area contributed by atoms with Gasteiger partial charge in [0.25, 0.3) is 5.69 Å². The second-order valence-corrected chi connectivity index (χ2v) is 8.13. The van der Waals surface area contributed by atoms with E-state index in [0.717, 1.165) is 17.0 Å². The largest absolute Gasteiger partial charge is 0.292 e. The fraction of sp³-hybridized carbons (Fsp3) is 0.217. The number of non-ortho nitro benzene ring substituents is 1. The van der Waals surface area contributed by atoms with E-state index in [9.17, 15) is 28.9 Å². The number of Topliss-reactive ketones (excluding diaryl/α,β-unsaturated/α-hetero) is 1. The van der Waals surface area contributed by atoms with Gasteiger partial charge >= 0.3 is 0 Å². The Bertz CT molecular complexity index is 1270. The third-order valence-electron chi connectivity index (χ3n) is 6.32. The Balaban J connectivity index is 1.57. The maximum absolute atomic E-state index is 13.6. The number of nitro benzene ring substituents is 1. The summed E-state index contributed by atoms with van der Waals surface area (Å²) < 4.78 is 13.4. The number of amides is 2. The highest BCUT2D eigenvalue weighted by atomic mass is 19.1. The van der Waals surface area contributed by atoms with Crippen LogP contribution in [-0.4, -0.2) is 45.8 Å². The number of carbonyl (C=O) groups is 3. The summed E-state index contributed by atoms with van der Waals surface area (Å²) in [6.07, 6.45) is 4.86. The lowest BCUT2D eigenvalue weighted by atomic mass is 9.86. The number of hydrazone groups is 1. The lowest BCUT2D eigenvalue weighted by Gasteiger charge is -2.30. The maximum Gasteiger partial charge on any atom is 0.269 e. The van der Waals surface area contributed by atoms with Crippen molar-refractivity contribution < 1.29 is 23.7 Å². The Hall–Kier alpha value is -4.21. The fourth-order valence-electron chi connectivity index (χ4n) is 4.86. The van der Waals surface area contributed by atoms with Gasteiger partial charge in [0.15, 0.2) is 5.78 Å². The third kappa shape index (κ3) is 3.05. The first-order valence-corrected chi connectivity index (χ1v) is 10.2. The highest BCUT2D eigenvalue weighted by Crippen LogP contribution is 2.46. The number of imide groups is 1. The Morgan fingerprint density at radius 3 is 2.45 bits per heavy atom. The molecule has 3 heterocycles. The van der Waals surface area contributed by atoms with Gasteiger partial charge in [0.05, 0.1) is 28.5 Å². The van der Waals surface area contributed by atoms with Crippen molar-refractivity contribution in [3.63, 3.8) is 0 Å². The van der Waals surface area contributed by atoms with Crippen LogP contribution < -0.4 is 4.90 Å². The molecule has 166 valence electrons. The topological polar surface area (TPSA) is 113 Å². The number of carbonyl (C=O) groups excluding carboxylic acids is 3. The smallest absolute Gasteiger partial charge is 0.269 e. The molecule has 2 aromatic carbocycles. The molecule has 2 amide bonds. The number of benzene rings is 2. The molecule has 3 aliphatic heterocycles. The summed E-state index contributed by atoms with van der Waals surface area (Å²) in [7, 11) is 0. The molecule has 0 bridgehead atoms. The summed E-state index contributed by atoms with van der Waals surface area (Å²) in [5.41, 5.74) is 0.681. The molecular weight excluding hydrogens is 431 g/mol. The standard InChI is InChI=1S/C23H17FN4O5/c1-12-11-15(28(32)33)8-9-16(12)26-22(30)18-17-3-2-10-25-27(17)20(19(18)23(26)31)21(29)13-4-6-14(24)7-5-13/h2-11,17-20H,1H3. The molecule has 0 aliphatic carbocycles. The molecule has 2 aromatic rings. The van der Waals surface area contributed by atoms with Crippen molar-refractivity contribution in [2.24, 2.45) is 16.9 Å². The normalized spacial score (nSPS) is 25.4. The number of rotatable bonds is 4. The minimum absolute atomic E-state index is 0.157. The molecule has 3 aliphatic rings. The van der Waals surface area contributed by atoms with Crippen LogP contribution in [0.3, 0.4) is 0 Å². The number of fused-ring (bicyclic) bond motifs is 3. The van der Waals surface area contributed by atoms with E-state index in [1.54, 1.807) is 19.1 Å². The van der Waals surface area contributed by atoms with Gasteiger partial charge in [-0.2, -0.15) is 5.10 Å². The summed E-state index contributed by atoms with van der Waals surface area (Å²) in [6, 6.07) is 7.23. The van der Waals surface area contributed by atoms with Crippen LogP contribution in [-0.2, 0) is 9.59 Å². The predicted octanol–water partition coefficient (Wildman–Crippen LogP) is 2.64. The molecule has 5 rings (SSSR count). The van der Waals surface area contributed by atoms with E-state index in [0.29, 0.717) is 5.56 Å². The van der Waals surface area contributed by atoms with Gasteiger partial charge < -0.3 is 0 Å². The Labute approximate surface area is 186 Å². The molecular formula is C23H17FN4O5. The molecule has 0 N–H and O–H groups in total. The highest BCUT2D eigenvalue weighted by Gasteiger charge is 2.64. The van der Waals surface area contributed by atoms with Crippen molar-refractivity contribution >= 4 is 35.2 Å². The van der Waals surface area contributed by atoms with Crippen molar-refractivity contribution in [3.05, 3.63) is 81.7 Å². The lowest BCUT2D eigenvalue weighted by Crippen LogP contribution is -2.46. The number of nitro groups is 1. The van der Waals surface area contributed by atoms with Crippen LogP contribution in [0.5, 0.6) is 0 Å². The van der Waals surface area contributed by atoms with E-state index in [1.807, 2.05) is 0 Å². The third-order valence-corrected chi connectivity index (χ3v) is 6.32. The maximum atomic E-state index is 13.6. The number of hydrogen-bond donors (Lipinski definition) is 0. The molecule has 10 heteroatoms. The number of anilines is 1. The first kappa shape index (κ1) is 20.7. The minimum Gasteiger partial charge on any atom is -0.292 e. The minimum atomic E-state index is -1.05. The Kier molecular flexibility index (Phi) is 4.66. The molecule has 33 heavy (non-hydrogen) atoms. The van der Waals surface area contributed by atoms with E-state index < -0.39 is 52.3 Å². The van der Waals surface area contributed by atoms with Gasteiger partial charge in [-0.05, 0) is 48.9 Å². The van der Waals surface area contributed by atoms with Crippen LogP contribution >= 0.6 is 0 Å². The molecule has 2 fully saturated rings. The lowest BCUT2D eigenvalue weighted by molar-refractivity contribution is -0.384. The monoisotopic (exact) mass is 448 g/mol. The summed E-state index contributed by atoms with van der Waals surface area (Å²) in [5, 5.41) is 16.8. The summed E-state index contributed by atoms with van der Waals surface area (Å²) in [6.45, 7) is 1.58. The number of aryl methyl sites for hydroxylation is 1. The van der Waals surface area contributed by atoms with E-state index in [4.69, 9.17) is 0 Å². The number of ketones is 1. The van der Waals surface area contributed by atoms with E-state index in [1.165, 1.54) is 41.6 Å². The van der Waals surface area contributed by atoms with Crippen LogP contribution in [0.2, 0.25) is 0 Å². The van der Waals surface area contributed by atoms with Crippen molar-refractivity contribution in [2.45, 2.75) is 19.0 Å². The molecule has 9 nitrogen and oxygen atoms in total. The second kappa shape index (κ2) is 7.44. The van der Waals surface area contributed by atoms with Crippen molar-refractivity contribution in [3.8, 4) is 0 Å². The highest BCUT2D eigenvalue weighted by molar-refractivity contribution is 6.25. The zero-order valence-corrected chi connectivity index (χ0v) is 17.3. The van der Waals surface area contributed by atoms with Gasteiger partial charge in [0.1, 0.15) is 11.9 Å². The van der Waals surface area contributed by atoms with Crippen LogP contribution in [0.4, 0.5) is 15.8 Å². The first-order valence-electron chi connectivity index (χ1n) is 10.2. The van der Waals surface area contributed by atoms with Crippen LogP contribution in [0.25, 0.3) is 0 Å². The Morgan fingerprint density at radius 1 is 1.09 bits per heavy atom. The number of halogens is 1. The summed E-state index contributed by atoms with van der Waals surface area (Å²) in [4.78, 5) is 52.0. The van der Waals surface area contributed by atoms with Crippen molar-refractivity contribution in [2.75, 3.05) is 4.90 Å². The van der Waals surface area contributed by atoms with Gasteiger partial charge in [-0.15, -0.1) is 0 Å². The van der Waals surface area contributed by atoms with Gasteiger partial charge in [-0.1, -0.05) is 6.08 Å². The zero-order valence-electron chi connectivity index (χ0n) is 17.3. The van der Waals surface area contributed by atoms with Gasteiger partial charge in [0.2, 0.25) is 11.8 Å². The molecule has 4 atom stereocenters. The molecule has 0 aromatic heterocycles. The average Bonchev–Trinajstić information content (AvgIpc) is 3.27. The molecule has 0 saturated carbocycles. The second-order valence-electron chi connectivity index (χ2n) is 8.13.